The molecule has 0 aliphatic carbocycles. The fourth-order valence-corrected chi connectivity index (χ4v) is 5.76. The number of hydrazine groups is 1. The Hall–Kier alpha value is -5.55. The number of benzene rings is 4. The molecule has 0 fully saturated rings. The molecule has 250 valence electrons. The van der Waals surface area contributed by atoms with E-state index in [9.17, 15) is 10.3 Å². The molecule has 4 aromatic rings. The van der Waals surface area contributed by atoms with Gasteiger partial charge in [-0.15, -0.1) is 0 Å². The van der Waals surface area contributed by atoms with E-state index in [-0.39, 0.29) is 25.5 Å². The lowest BCUT2D eigenvalue weighted by atomic mass is 9.80. The van der Waals surface area contributed by atoms with Gasteiger partial charge in [-0.25, -0.2) is 10.4 Å². The lowest BCUT2D eigenvalue weighted by molar-refractivity contribution is -0.130. The zero-order valence-electron chi connectivity index (χ0n) is 26.4. The average molecular weight is 680 g/mol. The Kier molecular flexibility index (Phi) is 12.1. The highest BCUT2D eigenvalue weighted by molar-refractivity contribution is 6.30. The zero-order chi connectivity index (χ0) is 34.5. The van der Waals surface area contributed by atoms with Crippen LogP contribution in [0.2, 0.25) is 5.02 Å². The Bertz CT molecular complexity index is 1890. The summed E-state index contributed by atoms with van der Waals surface area (Å²) in [5.41, 5.74) is 26.5. The Balaban J connectivity index is 1.57. The van der Waals surface area contributed by atoms with Gasteiger partial charge in [0.2, 0.25) is 5.90 Å². The van der Waals surface area contributed by atoms with Crippen molar-refractivity contribution in [1.29, 1.82) is 0 Å². The van der Waals surface area contributed by atoms with Crippen LogP contribution in [0.5, 0.6) is 5.75 Å². The fraction of sp³-hybridized carbons (Fsp3) is 0.257. The van der Waals surface area contributed by atoms with Crippen molar-refractivity contribution in [2.24, 2.45) is 15.2 Å². The molecular weight excluding hydrogens is 646 g/mol. The molecule has 0 aromatic heterocycles. The topological polar surface area (TPSA) is 190 Å². The molecule has 1 aliphatic heterocycles. The second-order valence-electron chi connectivity index (χ2n) is 11.1. The lowest BCUT2D eigenvalue weighted by Crippen LogP contribution is -2.54. The third-order valence-corrected chi connectivity index (χ3v) is 8.14. The van der Waals surface area contributed by atoms with Crippen LogP contribution in [0.4, 0.5) is 5.69 Å². The molecule has 3 N–H and O–H groups in total. The van der Waals surface area contributed by atoms with Crippen molar-refractivity contribution in [3.05, 3.63) is 151 Å². The number of halogens is 1. The van der Waals surface area contributed by atoms with E-state index in [1.54, 1.807) is 54.6 Å². The molecule has 0 saturated carbocycles. The monoisotopic (exact) mass is 679 g/mol. The predicted molar refractivity (Wildman–Crippen MR) is 186 cm³/mol. The van der Waals surface area contributed by atoms with Gasteiger partial charge >= 0.3 is 0 Å². The van der Waals surface area contributed by atoms with Gasteiger partial charge in [0.25, 0.3) is 5.91 Å². The van der Waals surface area contributed by atoms with E-state index in [1.807, 2.05) is 42.5 Å². The predicted octanol–water partition coefficient (Wildman–Crippen LogP) is 7.22. The summed E-state index contributed by atoms with van der Waals surface area (Å²) in [5, 5.41) is 17.4. The summed E-state index contributed by atoms with van der Waals surface area (Å²) in [7, 11) is 0. The number of aliphatic hydroxyl groups excluding tert-OH is 1. The maximum atomic E-state index is 14.6. The summed E-state index contributed by atoms with van der Waals surface area (Å²) in [6.45, 7) is 0.792. The molecule has 13 nitrogen and oxygen atoms in total. The smallest absolute Gasteiger partial charge is 0.266 e. The second kappa shape index (κ2) is 17.0. The SMILES string of the molecule is [N-]=[N+]=NCc1ccccc1[C@@H]1OC(c2ccc(OCCCO)cc2)=N[C@]1(Cc1ccccc1N=[N+]=[N-])C(=O)NNCCc1cccc(Cl)c1. The number of nitrogens with one attached hydrogen (secondary N) is 2. The molecule has 5 rings (SSSR count). The molecule has 4 aromatic carbocycles. The van der Waals surface area contributed by atoms with Crippen LogP contribution < -0.4 is 15.6 Å². The Morgan fingerprint density at radius 1 is 1.00 bits per heavy atom. The maximum absolute atomic E-state index is 14.6. The quantitative estimate of drug-likeness (QED) is 0.0370. The number of carbonyl (C=O) groups excluding carboxylic acids is 1. The number of nitrogens with zero attached hydrogens (tertiary/aromatic N) is 7. The molecule has 0 bridgehead atoms. The third kappa shape index (κ3) is 8.68. The highest BCUT2D eigenvalue weighted by Gasteiger charge is 2.54. The molecule has 1 aliphatic rings. The van der Waals surface area contributed by atoms with Gasteiger partial charge < -0.3 is 14.6 Å². The molecule has 1 heterocycles. The van der Waals surface area contributed by atoms with E-state index in [4.69, 9.17) is 36.7 Å². The van der Waals surface area contributed by atoms with Gasteiger partial charge in [0.15, 0.2) is 11.6 Å². The molecule has 14 heteroatoms. The first-order valence-corrected chi connectivity index (χ1v) is 15.9. The summed E-state index contributed by atoms with van der Waals surface area (Å²) in [5.74, 6) is 0.320. The Morgan fingerprint density at radius 3 is 2.53 bits per heavy atom. The minimum Gasteiger partial charge on any atom is -0.494 e. The Labute approximate surface area is 287 Å². The van der Waals surface area contributed by atoms with Crippen LogP contribution in [0.3, 0.4) is 0 Å². The number of ether oxygens (including phenoxy) is 2. The summed E-state index contributed by atoms with van der Waals surface area (Å²) in [6, 6.07) is 28.8. The van der Waals surface area contributed by atoms with Crippen molar-refractivity contribution >= 4 is 29.1 Å². The molecule has 1 amide bonds. The molecule has 0 radical (unpaired) electrons. The van der Waals surface area contributed by atoms with Gasteiger partial charge in [0.1, 0.15) is 5.75 Å². The summed E-state index contributed by atoms with van der Waals surface area (Å²) in [6.07, 6.45) is 0.0957. The maximum Gasteiger partial charge on any atom is 0.266 e. The number of aliphatic imine (C=N–C) groups is 1. The van der Waals surface area contributed by atoms with E-state index in [0.717, 1.165) is 5.56 Å². The van der Waals surface area contributed by atoms with E-state index >= 15 is 0 Å². The van der Waals surface area contributed by atoms with Crippen LogP contribution in [-0.4, -0.2) is 42.2 Å². The summed E-state index contributed by atoms with van der Waals surface area (Å²) >= 11 is 6.15. The van der Waals surface area contributed by atoms with Gasteiger partial charge in [-0.3, -0.25) is 10.2 Å². The molecule has 0 saturated heterocycles. The van der Waals surface area contributed by atoms with E-state index in [2.05, 4.69) is 30.9 Å². The average Bonchev–Trinajstić information content (AvgIpc) is 3.51. The zero-order valence-corrected chi connectivity index (χ0v) is 27.2. The molecule has 0 spiro atoms. The first-order valence-electron chi connectivity index (χ1n) is 15.6. The summed E-state index contributed by atoms with van der Waals surface area (Å²) in [4.78, 5) is 25.5. The number of rotatable bonds is 16. The lowest BCUT2D eigenvalue weighted by Gasteiger charge is -2.32. The van der Waals surface area contributed by atoms with E-state index < -0.39 is 17.6 Å². The van der Waals surface area contributed by atoms with Gasteiger partial charge in [-0.1, -0.05) is 82.5 Å². The first kappa shape index (κ1) is 34.8. The van der Waals surface area contributed by atoms with Crippen LogP contribution in [0.1, 0.15) is 40.3 Å². The van der Waals surface area contributed by atoms with Crippen LogP contribution in [0.25, 0.3) is 20.9 Å². The van der Waals surface area contributed by atoms with Crippen LogP contribution >= 0.6 is 11.6 Å². The summed E-state index contributed by atoms with van der Waals surface area (Å²) < 4.78 is 12.3. The highest BCUT2D eigenvalue weighted by atomic mass is 35.5. The van der Waals surface area contributed by atoms with E-state index in [1.165, 1.54) is 0 Å². The minimum atomic E-state index is -1.62. The number of carbonyl (C=O) groups is 1. The van der Waals surface area contributed by atoms with Crippen molar-refractivity contribution in [3.63, 3.8) is 0 Å². The normalized spacial score (nSPS) is 16.4. The Morgan fingerprint density at radius 2 is 1.78 bits per heavy atom. The number of hydrogen-bond acceptors (Lipinski definition) is 8. The molecule has 2 atom stereocenters. The largest absolute Gasteiger partial charge is 0.494 e. The molecular formula is C35H34ClN9O4. The highest BCUT2D eigenvalue weighted by Crippen LogP contribution is 2.44. The van der Waals surface area contributed by atoms with Crippen LogP contribution in [0.15, 0.2) is 112 Å². The second-order valence-corrected chi connectivity index (χ2v) is 11.6. The van der Waals surface area contributed by atoms with Crippen molar-refractivity contribution in [1.82, 2.24) is 10.9 Å². The van der Waals surface area contributed by atoms with Gasteiger partial charge in [-0.2, -0.15) is 0 Å². The first-order chi connectivity index (χ1) is 24.0. The van der Waals surface area contributed by atoms with E-state index in [0.29, 0.717) is 64.7 Å². The third-order valence-electron chi connectivity index (χ3n) is 7.91. The van der Waals surface area contributed by atoms with Crippen molar-refractivity contribution in [3.8, 4) is 5.75 Å². The van der Waals surface area contributed by atoms with Crippen LogP contribution in [-0.2, 0) is 28.9 Å². The van der Waals surface area contributed by atoms with Crippen molar-refractivity contribution in [2.75, 3.05) is 19.8 Å². The van der Waals surface area contributed by atoms with Crippen molar-refractivity contribution in [2.45, 2.75) is 37.5 Å². The van der Waals surface area contributed by atoms with Crippen LogP contribution in [0, 0.1) is 0 Å². The number of amides is 1. The minimum absolute atomic E-state index is 0.00360. The fourth-order valence-electron chi connectivity index (χ4n) is 5.55. The number of azide groups is 2. The molecule has 49 heavy (non-hydrogen) atoms. The van der Waals surface area contributed by atoms with Gasteiger partial charge in [0.05, 0.1) is 13.2 Å². The van der Waals surface area contributed by atoms with Gasteiger partial charge in [-0.05, 0) is 76.1 Å². The number of hydrogen-bond donors (Lipinski definition) is 3. The van der Waals surface area contributed by atoms with Gasteiger partial charge in [0, 0.05) is 52.1 Å². The number of aliphatic hydroxyl groups is 1. The molecule has 0 unspecified atom stereocenters. The van der Waals surface area contributed by atoms with Crippen molar-refractivity contribution < 1.29 is 19.4 Å². The standard InChI is InChI=1S/C35H34ClN9O4/c36-28-10-5-7-24(21-28)17-18-39-43-34(47)35(22-26-8-2-4-12-31(26)42-45-38)32(30-11-3-1-9-27(30)23-40-44-37)49-33(41-35)25-13-15-29(16-14-25)48-20-6-19-46/h1-5,7-16,21,32,39,46H,6,17-20,22-23H2,(H,43,47)/t32-,35-/m0/s1.